The number of Topliss-reactive ketones (excluding diaryl/α,β-unsaturated/α-hetero) is 3. The van der Waals surface area contributed by atoms with Gasteiger partial charge in [-0.3, -0.25) is 96.2 Å². The fourth-order valence-electron chi connectivity index (χ4n) is 13.0. The van der Waals surface area contributed by atoms with Crippen LogP contribution in [0, 0.1) is 5.92 Å². The number of aliphatic imine (C=N–C) groups is 1. The van der Waals surface area contributed by atoms with Crippen molar-refractivity contribution in [2.24, 2.45) is 22.4 Å². The zero-order valence-electron chi connectivity index (χ0n) is 72.8. The molecule has 42 heteroatoms. The molecule has 8 atom stereocenters. The molecule has 0 aromatic carbocycles. The molecule has 20 N–H and O–H groups in total. The molecular weight excluding hydrogens is 1640 g/mol. The molecule has 0 unspecified atom stereocenters. The van der Waals surface area contributed by atoms with Gasteiger partial charge in [0.2, 0.25) is 70.9 Å². The molecule has 1 aliphatic heterocycles. The summed E-state index contributed by atoms with van der Waals surface area (Å²) in [6.45, 7) is -3.38. The third kappa shape index (κ3) is 58.9. The second-order valence-corrected chi connectivity index (χ2v) is 30.6. The Bertz CT molecular complexity index is 3370. The normalized spacial score (nSPS) is 13.5. The number of aliphatic hydroxyl groups is 3. The van der Waals surface area contributed by atoms with Crippen molar-refractivity contribution in [1.82, 2.24) is 58.1 Å². The first-order chi connectivity index (χ1) is 59.9. The molecular formula is C83H140N14O28. The van der Waals surface area contributed by atoms with Gasteiger partial charge in [0.15, 0.2) is 5.78 Å². The first-order valence-corrected chi connectivity index (χ1v) is 43.6. The molecule has 0 aromatic rings. The molecule has 0 saturated heterocycles. The van der Waals surface area contributed by atoms with Crippen LogP contribution in [-0.2, 0) is 105 Å². The van der Waals surface area contributed by atoms with Gasteiger partial charge in [-0.15, -0.1) is 0 Å². The number of ether oxygens (including phenoxy) is 4. The maximum Gasteiger partial charge on any atom is 0.317 e. The summed E-state index contributed by atoms with van der Waals surface area (Å²) in [5.74, 6) is -16.7. The van der Waals surface area contributed by atoms with E-state index < -0.39 is 227 Å². The van der Waals surface area contributed by atoms with Crippen molar-refractivity contribution in [2.45, 2.75) is 280 Å². The summed E-state index contributed by atoms with van der Waals surface area (Å²) >= 11 is 0. The van der Waals surface area contributed by atoms with Gasteiger partial charge in [-0.1, -0.05) is 122 Å². The second kappa shape index (κ2) is 71.3. The molecule has 0 spiro atoms. The average Bonchev–Trinajstić information content (AvgIpc) is 1.77. The van der Waals surface area contributed by atoms with Crippen molar-refractivity contribution < 1.29 is 136 Å². The molecule has 0 aliphatic carbocycles. The minimum atomic E-state index is -2.01. The van der Waals surface area contributed by atoms with E-state index in [1.807, 2.05) is 6.92 Å². The number of likely N-dealkylation sites (N-methyl/N-ethyl adjacent to an activating group) is 1. The number of carboxylic acids is 3. The Hall–Kier alpha value is -9.85. The Morgan fingerprint density at radius 1 is 0.408 bits per heavy atom. The Labute approximate surface area is 730 Å². The number of unbranched alkanes of at least 4 members (excludes halogenated alkanes) is 17. The lowest BCUT2D eigenvalue weighted by Gasteiger charge is -2.27. The number of allylic oxidation sites excluding steroid dienone is 1. The van der Waals surface area contributed by atoms with Crippen LogP contribution in [0.2, 0.25) is 0 Å². The molecule has 1 aliphatic rings. The van der Waals surface area contributed by atoms with Crippen LogP contribution < -0.4 is 64.6 Å². The van der Waals surface area contributed by atoms with Gasteiger partial charge < -0.3 is 114 Å². The highest BCUT2D eigenvalue weighted by atomic mass is 16.5. The van der Waals surface area contributed by atoms with Gasteiger partial charge in [0.05, 0.1) is 78.5 Å². The van der Waals surface area contributed by atoms with Gasteiger partial charge in [0.25, 0.3) is 0 Å². The first-order valence-electron chi connectivity index (χ1n) is 43.6. The van der Waals surface area contributed by atoms with Crippen LogP contribution in [0.1, 0.15) is 238 Å². The van der Waals surface area contributed by atoms with E-state index in [1.165, 1.54) is 77.5 Å². The topological polar surface area (TPSA) is 654 Å². The number of carbonyl (C=O) groups is 18. The Kier molecular flexibility index (Phi) is 64.6. The van der Waals surface area contributed by atoms with Crippen molar-refractivity contribution in [2.75, 3.05) is 112 Å². The van der Waals surface area contributed by atoms with Gasteiger partial charge in [-0.2, -0.15) is 0 Å². The third-order valence-electron chi connectivity index (χ3n) is 20.0. The lowest BCUT2D eigenvalue weighted by molar-refractivity contribution is -0.142. The summed E-state index contributed by atoms with van der Waals surface area (Å²) < 4.78 is 21.5. The second-order valence-electron chi connectivity index (χ2n) is 30.6. The summed E-state index contributed by atoms with van der Waals surface area (Å²) in [6.07, 6.45) is 22.4. The van der Waals surface area contributed by atoms with Gasteiger partial charge in [-0.25, -0.2) is 0 Å². The fourth-order valence-corrected chi connectivity index (χ4v) is 13.0. The minimum absolute atomic E-state index is 0.00839. The van der Waals surface area contributed by atoms with Gasteiger partial charge in [-0.05, 0) is 64.3 Å². The van der Waals surface area contributed by atoms with Crippen LogP contribution in [0.3, 0.4) is 0 Å². The van der Waals surface area contributed by atoms with Gasteiger partial charge >= 0.3 is 17.9 Å². The van der Waals surface area contributed by atoms with Crippen LogP contribution in [0.4, 0.5) is 0 Å². The van der Waals surface area contributed by atoms with Crippen molar-refractivity contribution in [3.63, 3.8) is 0 Å². The number of nitrogens with zero attached hydrogens (tertiary/aromatic N) is 2. The first kappa shape index (κ1) is 113. The number of aliphatic carboxylic acids is 3. The average molecular weight is 1780 g/mol. The molecule has 710 valence electrons. The predicted molar refractivity (Wildman–Crippen MR) is 453 cm³/mol. The Balaban J connectivity index is 2.77. The summed E-state index contributed by atoms with van der Waals surface area (Å²) in [6, 6.07) is -11.7. The molecule has 0 fully saturated rings. The number of aliphatic hydroxyl groups excluding tert-OH is 3. The van der Waals surface area contributed by atoms with Crippen molar-refractivity contribution in [3.05, 3.63) is 11.8 Å². The van der Waals surface area contributed by atoms with E-state index >= 15 is 0 Å². The van der Waals surface area contributed by atoms with Crippen LogP contribution in [0.25, 0.3) is 0 Å². The number of primary amides is 2. The van der Waals surface area contributed by atoms with E-state index in [1.54, 1.807) is 6.08 Å². The number of nitrogens with one attached hydrogen (secondary N) is 10. The van der Waals surface area contributed by atoms with Crippen molar-refractivity contribution >= 4 is 112 Å². The number of hydrogen-bond acceptors (Lipinski definition) is 27. The predicted octanol–water partition coefficient (Wildman–Crippen LogP) is -0.717. The number of nitrogens with two attached hydrogens (primary N) is 2. The molecule has 0 aromatic heterocycles. The highest BCUT2D eigenvalue weighted by molar-refractivity contribution is 5.99. The molecule has 1 rings (SSSR count). The van der Waals surface area contributed by atoms with E-state index in [4.69, 9.17) is 35.5 Å². The highest BCUT2D eigenvalue weighted by Gasteiger charge is 2.36. The molecule has 1 heterocycles. The molecule has 42 nitrogen and oxygen atoms in total. The minimum Gasteiger partial charge on any atom is -0.481 e. The third-order valence-corrected chi connectivity index (χ3v) is 20.0. The quantitative estimate of drug-likeness (QED) is 0.0334. The number of ketones is 3. The largest absolute Gasteiger partial charge is 0.481 e. The number of hydrogen-bond donors (Lipinski definition) is 18. The van der Waals surface area contributed by atoms with Crippen molar-refractivity contribution in [1.29, 1.82) is 0 Å². The highest BCUT2D eigenvalue weighted by Crippen LogP contribution is 2.23. The van der Waals surface area contributed by atoms with E-state index in [2.05, 4.69) is 58.2 Å². The molecule has 0 saturated carbocycles. The van der Waals surface area contributed by atoms with Crippen LogP contribution >= 0.6 is 0 Å². The summed E-state index contributed by atoms with van der Waals surface area (Å²) in [5, 5.41) is 81.7. The van der Waals surface area contributed by atoms with E-state index in [-0.39, 0.29) is 110 Å². The number of carboxylic acid groups (broad SMARTS) is 3. The number of amides is 12. The zero-order valence-corrected chi connectivity index (χ0v) is 72.8. The monoisotopic (exact) mass is 1780 g/mol. The fraction of sp³-hybridized carbons (Fsp3) is 0.747. The Morgan fingerprint density at radius 3 is 1.32 bits per heavy atom. The Morgan fingerprint density at radius 2 is 0.848 bits per heavy atom. The maximum atomic E-state index is 14.6. The SMILES string of the molecule is CCCC[C@H](NC(=O)CCCC(=O)[C@H](CCCCN(CC(=O)O)CC(=O)O)CC(=O)[C@H](CC1=CCC=N1)NC(=O)[C@H](CCC(N)=O)NC(=O)[C@H](CO)NC(=O)[C@H](CO)NC(=O)[C@H](CCC(N)=O)NC(=O)[C@@H](CO)NC(=O)CNC(=O)COCCOCCNC(=O)COCCOCCCC(=O)CCCCCCCCCCCCCCCCCCC(=O)O)C(=O)NC. The van der Waals surface area contributed by atoms with E-state index in [0.717, 1.165) is 49.8 Å². The van der Waals surface area contributed by atoms with Crippen LogP contribution in [0.5, 0.6) is 0 Å². The van der Waals surface area contributed by atoms with Crippen LogP contribution in [-0.4, -0.2) is 303 Å². The van der Waals surface area contributed by atoms with E-state index in [9.17, 15) is 112 Å². The van der Waals surface area contributed by atoms with Crippen molar-refractivity contribution in [3.8, 4) is 0 Å². The number of rotatable bonds is 82. The lowest BCUT2D eigenvalue weighted by atomic mass is 9.87. The maximum absolute atomic E-state index is 14.6. The summed E-state index contributed by atoms with van der Waals surface area (Å²) in [4.78, 5) is 236. The lowest BCUT2D eigenvalue weighted by Crippen LogP contribution is -2.61. The summed E-state index contributed by atoms with van der Waals surface area (Å²) in [7, 11) is 1.42. The molecule has 12 amide bonds. The molecule has 125 heavy (non-hydrogen) atoms. The smallest absolute Gasteiger partial charge is 0.317 e. The zero-order chi connectivity index (χ0) is 93.0. The number of carbonyl (C=O) groups excluding carboxylic acids is 15. The summed E-state index contributed by atoms with van der Waals surface area (Å²) in [5.41, 5.74) is 11.1. The molecule has 0 bridgehead atoms. The standard InChI is InChI=1S/C83H140N14O28/c1-3-4-30-60(78(116)86-2)90-71(106)32-23-31-67(102)57(26-21-22-40-97(50-76(112)113)51-77(114)115)47-68(103)63(48-58-27-24-38-87-58)94-79(117)61(34-36-69(84)104)93-82(120)65(53-99)96-83(121)66(54-100)95-80(118)62(35-37-70(85)105)92-81(119)64(52-98)91-72(107)49-89-74(109)56-125-46-44-123-42-39-88-73(108)55-124-45-43-122-41-25-29-59(101)28-19-17-15-13-11-9-7-5-6-8-10-12-14-16-18-20-33-75(110)111/h27,38,57,60-66,98-100H,3-26,28-37,39-56H2,1-2H3,(H2,84,104)(H2,85,105)(H,86,116)(H,88,108)(H,89,109)(H,90,106)(H,91,107)(H,92,119)(H,93,120)(H,94,117)(H,95,118)(H,96,121)(H,110,111)(H,112,113)(H,114,115)/t57-,60+,61+,62+,63+,64-,65+,66+/m1/s1. The van der Waals surface area contributed by atoms with E-state index in [0.29, 0.717) is 50.8 Å². The van der Waals surface area contributed by atoms with Gasteiger partial charge in [0.1, 0.15) is 61.0 Å². The van der Waals surface area contributed by atoms with Gasteiger partial charge in [0, 0.05) is 102 Å². The van der Waals surface area contributed by atoms with Crippen LogP contribution in [0.15, 0.2) is 16.8 Å². The molecule has 0 radical (unpaired) electrons.